The van der Waals surface area contributed by atoms with Crippen LogP contribution in [0.4, 0.5) is 0 Å². The number of carbonyl (C=O) groups excluding carboxylic acids is 1. The van der Waals surface area contributed by atoms with Crippen molar-refractivity contribution in [2.24, 2.45) is 5.92 Å². The summed E-state index contributed by atoms with van der Waals surface area (Å²) >= 11 is 5.92. The second kappa shape index (κ2) is 5.23. The monoisotopic (exact) mass is 251 g/mol. The molecule has 1 N–H and O–H groups in total. The zero-order valence-electron chi connectivity index (χ0n) is 9.41. The minimum Gasteiger partial charge on any atom is -0.492 e. The Morgan fingerprint density at radius 2 is 2.47 bits per heavy atom. The molecule has 4 heteroatoms. The van der Waals surface area contributed by atoms with Gasteiger partial charge in [0.25, 0.3) is 0 Å². The molecule has 1 aliphatic heterocycles. The van der Waals surface area contributed by atoms with Crippen LogP contribution in [0.15, 0.2) is 30.9 Å². The number of rotatable bonds is 3. The van der Waals surface area contributed by atoms with Crippen molar-refractivity contribution in [3.63, 3.8) is 0 Å². The third-order valence-corrected chi connectivity index (χ3v) is 2.96. The molecule has 1 amide bonds. The first-order chi connectivity index (χ1) is 8.20. The minimum absolute atomic E-state index is 0.00414. The van der Waals surface area contributed by atoms with Crippen molar-refractivity contribution in [2.45, 2.75) is 6.42 Å². The molecule has 0 bridgehead atoms. The van der Waals surface area contributed by atoms with Crippen LogP contribution in [0.5, 0.6) is 5.75 Å². The van der Waals surface area contributed by atoms with Crippen LogP contribution in [0.3, 0.4) is 0 Å². The summed E-state index contributed by atoms with van der Waals surface area (Å²) in [6.07, 6.45) is 2.32. The summed E-state index contributed by atoms with van der Waals surface area (Å²) in [5.41, 5.74) is 0.988. The van der Waals surface area contributed by atoms with Gasteiger partial charge in [-0.2, -0.15) is 0 Å². The van der Waals surface area contributed by atoms with Gasteiger partial charge in [-0.25, -0.2) is 0 Å². The van der Waals surface area contributed by atoms with E-state index in [1.54, 1.807) is 12.1 Å². The molecule has 1 aliphatic rings. The van der Waals surface area contributed by atoms with Gasteiger partial charge in [-0.1, -0.05) is 17.7 Å². The number of nitrogens with one attached hydrogen (secondary N) is 1. The molecule has 1 atom stereocenters. The third kappa shape index (κ3) is 2.80. The van der Waals surface area contributed by atoms with Gasteiger partial charge in [0.15, 0.2) is 0 Å². The van der Waals surface area contributed by atoms with Crippen LogP contribution < -0.4 is 10.1 Å². The van der Waals surface area contributed by atoms with Crippen molar-refractivity contribution in [2.75, 3.05) is 13.2 Å². The van der Waals surface area contributed by atoms with E-state index in [2.05, 4.69) is 11.9 Å². The SMILES string of the molecule is C=CCNC(=O)[C@@H]1COc2ccc(Cl)cc2C1. The highest BCUT2D eigenvalue weighted by molar-refractivity contribution is 6.30. The molecule has 0 aromatic heterocycles. The highest BCUT2D eigenvalue weighted by Crippen LogP contribution is 2.29. The molecule has 0 radical (unpaired) electrons. The van der Waals surface area contributed by atoms with Crippen LogP contribution in [0, 0.1) is 5.92 Å². The highest BCUT2D eigenvalue weighted by atomic mass is 35.5. The molecule has 17 heavy (non-hydrogen) atoms. The predicted molar refractivity (Wildman–Crippen MR) is 67.3 cm³/mol. The van der Waals surface area contributed by atoms with Gasteiger partial charge in [0.2, 0.25) is 5.91 Å². The van der Waals surface area contributed by atoms with Gasteiger partial charge >= 0.3 is 0 Å². The average molecular weight is 252 g/mol. The Bertz CT molecular complexity index is 445. The predicted octanol–water partition coefficient (Wildman–Crippen LogP) is 2.19. The largest absolute Gasteiger partial charge is 0.492 e. The number of carbonyl (C=O) groups is 1. The minimum atomic E-state index is -0.152. The summed E-state index contributed by atoms with van der Waals surface area (Å²) in [4.78, 5) is 11.8. The first-order valence-electron chi connectivity index (χ1n) is 5.50. The Morgan fingerprint density at radius 1 is 1.65 bits per heavy atom. The number of hydrogen-bond donors (Lipinski definition) is 1. The molecule has 2 rings (SSSR count). The van der Waals surface area contributed by atoms with Gasteiger partial charge < -0.3 is 10.1 Å². The maximum atomic E-state index is 11.8. The highest BCUT2D eigenvalue weighted by Gasteiger charge is 2.25. The van der Waals surface area contributed by atoms with Gasteiger partial charge in [0, 0.05) is 11.6 Å². The molecule has 0 saturated heterocycles. The van der Waals surface area contributed by atoms with Gasteiger partial charge in [0.05, 0.1) is 5.92 Å². The second-order valence-electron chi connectivity index (χ2n) is 4.00. The Kier molecular flexibility index (Phi) is 3.69. The summed E-state index contributed by atoms with van der Waals surface area (Å²) in [6.45, 7) is 4.46. The molecule has 90 valence electrons. The Balaban J connectivity index is 2.07. The standard InChI is InChI=1S/C13H14ClNO2/c1-2-5-15-13(16)10-6-9-7-11(14)3-4-12(9)17-8-10/h2-4,7,10H,1,5-6,8H2,(H,15,16)/t10-/m0/s1. The zero-order valence-corrected chi connectivity index (χ0v) is 10.2. The third-order valence-electron chi connectivity index (χ3n) is 2.72. The van der Waals surface area contributed by atoms with Gasteiger partial charge in [-0.3, -0.25) is 4.79 Å². The van der Waals surface area contributed by atoms with Crippen LogP contribution in [0.25, 0.3) is 0 Å². The van der Waals surface area contributed by atoms with Crippen molar-refractivity contribution in [3.8, 4) is 5.75 Å². The van der Waals surface area contributed by atoms with Crippen molar-refractivity contribution in [1.29, 1.82) is 0 Å². The fourth-order valence-corrected chi connectivity index (χ4v) is 2.04. The molecule has 0 fully saturated rings. The van der Waals surface area contributed by atoms with Crippen molar-refractivity contribution in [3.05, 3.63) is 41.4 Å². The van der Waals surface area contributed by atoms with Crippen LogP contribution in [0.1, 0.15) is 5.56 Å². The number of benzene rings is 1. The number of amides is 1. The van der Waals surface area contributed by atoms with E-state index in [9.17, 15) is 4.79 Å². The van der Waals surface area contributed by atoms with Gasteiger partial charge in [-0.05, 0) is 30.2 Å². The molecular weight excluding hydrogens is 238 g/mol. The van der Waals surface area contributed by atoms with E-state index in [1.807, 2.05) is 12.1 Å². The van der Waals surface area contributed by atoms with Crippen LogP contribution in [-0.4, -0.2) is 19.1 Å². The Morgan fingerprint density at radius 3 is 3.24 bits per heavy atom. The Hall–Kier alpha value is -1.48. The summed E-state index contributed by atoms with van der Waals surface area (Å²) in [5.74, 6) is 0.665. The Labute approximate surface area is 105 Å². The fraction of sp³-hybridized carbons (Fsp3) is 0.308. The van der Waals surface area contributed by atoms with E-state index in [0.717, 1.165) is 11.3 Å². The summed E-state index contributed by atoms with van der Waals surface area (Å²) in [5, 5.41) is 3.44. The topological polar surface area (TPSA) is 38.3 Å². The number of ether oxygens (including phenoxy) is 1. The molecule has 1 aromatic rings. The van der Waals surface area contributed by atoms with E-state index in [0.29, 0.717) is 24.6 Å². The van der Waals surface area contributed by atoms with E-state index >= 15 is 0 Å². The molecule has 0 unspecified atom stereocenters. The van der Waals surface area contributed by atoms with Crippen LogP contribution >= 0.6 is 11.6 Å². The van der Waals surface area contributed by atoms with Crippen molar-refractivity contribution in [1.82, 2.24) is 5.32 Å². The van der Waals surface area contributed by atoms with Gasteiger partial charge in [0.1, 0.15) is 12.4 Å². The molecule has 1 aromatic carbocycles. The maximum Gasteiger partial charge on any atom is 0.227 e. The molecule has 0 spiro atoms. The van der Waals surface area contributed by atoms with Crippen molar-refractivity contribution < 1.29 is 9.53 Å². The fourth-order valence-electron chi connectivity index (χ4n) is 1.85. The lowest BCUT2D eigenvalue weighted by atomic mass is 9.96. The quantitative estimate of drug-likeness (QED) is 0.837. The van der Waals surface area contributed by atoms with E-state index < -0.39 is 0 Å². The van der Waals surface area contributed by atoms with Crippen LogP contribution in [0.2, 0.25) is 5.02 Å². The molecule has 0 aliphatic carbocycles. The lowest BCUT2D eigenvalue weighted by molar-refractivity contribution is -0.126. The average Bonchev–Trinajstić information content (AvgIpc) is 2.35. The number of fused-ring (bicyclic) bond motifs is 1. The lowest BCUT2D eigenvalue weighted by Crippen LogP contribution is -2.37. The maximum absolute atomic E-state index is 11.8. The van der Waals surface area contributed by atoms with Gasteiger partial charge in [-0.15, -0.1) is 6.58 Å². The summed E-state index contributed by atoms with van der Waals surface area (Å²) in [7, 11) is 0. The zero-order chi connectivity index (χ0) is 12.3. The lowest BCUT2D eigenvalue weighted by Gasteiger charge is -2.24. The smallest absolute Gasteiger partial charge is 0.227 e. The van der Waals surface area contributed by atoms with E-state index in [1.165, 1.54) is 0 Å². The molecule has 3 nitrogen and oxygen atoms in total. The summed E-state index contributed by atoms with van der Waals surface area (Å²) < 4.78 is 5.55. The normalized spacial score (nSPS) is 17.8. The molecular formula is C13H14ClNO2. The van der Waals surface area contributed by atoms with E-state index in [-0.39, 0.29) is 11.8 Å². The summed E-state index contributed by atoms with van der Waals surface area (Å²) in [6, 6.07) is 5.48. The molecule has 1 heterocycles. The van der Waals surface area contributed by atoms with E-state index in [4.69, 9.17) is 16.3 Å². The first-order valence-corrected chi connectivity index (χ1v) is 5.88. The second-order valence-corrected chi connectivity index (χ2v) is 4.43. The number of hydrogen-bond acceptors (Lipinski definition) is 2. The molecule has 0 saturated carbocycles. The van der Waals surface area contributed by atoms with Crippen LogP contribution in [-0.2, 0) is 11.2 Å². The van der Waals surface area contributed by atoms with Crippen molar-refractivity contribution >= 4 is 17.5 Å². The first kappa shape index (κ1) is 12.0. The number of halogens is 1.